The Labute approximate surface area is 138 Å². The first-order chi connectivity index (χ1) is 11.1. The first kappa shape index (κ1) is 15.7. The number of pyridine rings is 1. The largest absolute Gasteiger partial charge is 0.478 e. The monoisotopic (exact) mass is 336 g/mol. The van der Waals surface area contributed by atoms with Gasteiger partial charge in [0.15, 0.2) is 11.5 Å². The number of halogens is 1. The van der Waals surface area contributed by atoms with Gasteiger partial charge in [-0.1, -0.05) is 16.8 Å². The van der Waals surface area contributed by atoms with Gasteiger partial charge in [-0.05, 0) is 25.8 Å². The first-order valence-electron chi connectivity index (χ1n) is 7.50. The Kier molecular flexibility index (Phi) is 4.47. The van der Waals surface area contributed by atoms with E-state index in [0.717, 1.165) is 12.8 Å². The minimum absolute atomic E-state index is 0.185. The summed E-state index contributed by atoms with van der Waals surface area (Å²) < 4.78 is 10.4. The third-order valence-corrected chi connectivity index (χ3v) is 3.98. The number of rotatable bonds is 4. The Morgan fingerprint density at radius 2 is 2.30 bits per heavy atom. The van der Waals surface area contributed by atoms with Crippen LogP contribution in [0.15, 0.2) is 16.7 Å². The predicted molar refractivity (Wildman–Crippen MR) is 82.5 cm³/mol. The molecule has 0 aliphatic carbocycles. The van der Waals surface area contributed by atoms with E-state index in [-0.39, 0.29) is 17.6 Å². The summed E-state index contributed by atoms with van der Waals surface area (Å²) in [6.45, 7) is 4.65. The molecule has 3 rings (SSSR count). The van der Waals surface area contributed by atoms with E-state index in [2.05, 4.69) is 15.1 Å². The van der Waals surface area contributed by atoms with Crippen LogP contribution < -0.4 is 4.74 Å². The van der Waals surface area contributed by atoms with Crippen LogP contribution >= 0.6 is 11.6 Å². The molecule has 0 spiro atoms. The van der Waals surface area contributed by atoms with Gasteiger partial charge in [0.2, 0.25) is 11.8 Å². The van der Waals surface area contributed by atoms with Gasteiger partial charge in [0, 0.05) is 19.5 Å². The van der Waals surface area contributed by atoms with Gasteiger partial charge in [0.05, 0.1) is 17.7 Å². The van der Waals surface area contributed by atoms with Crippen LogP contribution in [0.4, 0.5) is 0 Å². The van der Waals surface area contributed by atoms with Crippen molar-refractivity contribution in [2.75, 3.05) is 13.2 Å². The van der Waals surface area contributed by atoms with Gasteiger partial charge in [0.1, 0.15) is 0 Å². The van der Waals surface area contributed by atoms with E-state index in [1.165, 1.54) is 0 Å². The third kappa shape index (κ3) is 3.14. The van der Waals surface area contributed by atoms with Crippen molar-refractivity contribution >= 4 is 17.5 Å². The summed E-state index contributed by atoms with van der Waals surface area (Å²) in [5.74, 6) is 1.13. The maximum Gasteiger partial charge on any atom is 0.274 e. The van der Waals surface area contributed by atoms with Gasteiger partial charge in [-0.3, -0.25) is 4.79 Å². The van der Waals surface area contributed by atoms with Gasteiger partial charge in [-0.25, -0.2) is 4.98 Å². The van der Waals surface area contributed by atoms with Crippen molar-refractivity contribution in [2.24, 2.45) is 0 Å². The van der Waals surface area contributed by atoms with Crippen LogP contribution in [-0.4, -0.2) is 39.1 Å². The van der Waals surface area contributed by atoms with Gasteiger partial charge in [0.25, 0.3) is 5.91 Å². The van der Waals surface area contributed by atoms with Gasteiger partial charge in [-0.2, -0.15) is 4.98 Å². The highest BCUT2D eigenvalue weighted by Gasteiger charge is 2.35. The maximum atomic E-state index is 12.9. The molecule has 122 valence electrons. The summed E-state index contributed by atoms with van der Waals surface area (Å²) in [5, 5.41) is 4.23. The topological polar surface area (TPSA) is 81.4 Å². The summed E-state index contributed by atoms with van der Waals surface area (Å²) in [4.78, 5) is 23.0. The van der Waals surface area contributed by atoms with Crippen molar-refractivity contribution in [3.05, 3.63) is 34.6 Å². The lowest BCUT2D eigenvalue weighted by molar-refractivity contribution is 0.0721. The minimum Gasteiger partial charge on any atom is -0.478 e. The molecule has 1 fully saturated rings. The molecular weight excluding hydrogens is 320 g/mol. The normalized spacial score (nSPS) is 17.5. The van der Waals surface area contributed by atoms with E-state index >= 15 is 0 Å². The molecule has 1 aliphatic rings. The number of hydrogen-bond acceptors (Lipinski definition) is 6. The fourth-order valence-electron chi connectivity index (χ4n) is 2.67. The molecule has 0 bridgehead atoms. The van der Waals surface area contributed by atoms with Gasteiger partial charge >= 0.3 is 0 Å². The Morgan fingerprint density at radius 1 is 1.48 bits per heavy atom. The average Bonchev–Trinajstić information content (AvgIpc) is 3.17. The fraction of sp³-hybridized carbons (Fsp3) is 0.467. The SMILES string of the molecule is CCOc1ccc(Cl)c(C(=O)N2CCC[C@@H]2c2noc(C)n2)n1. The molecule has 0 aromatic carbocycles. The second kappa shape index (κ2) is 6.54. The highest BCUT2D eigenvalue weighted by molar-refractivity contribution is 6.33. The molecule has 1 aliphatic heterocycles. The van der Waals surface area contributed by atoms with E-state index < -0.39 is 0 Å². The zero-order valence-corrected chi connectivity index (χ0v) is 13.7. The number of amides is 1. The van der Waals surface area contributed by atoms with Crippen molar-refractivity contribution in [1.82, 2.24) is 20.0 Å². The molecule has 0 N–H and O–H groups in total. The lowest BCUT2D eigenvalue weighted by Crippen LogP contribution is -2.32. The molecule has 23 heavy (non-hydrogen) atoms. The average molecular weight is 337 g/mol. The number of ether oxygens (including phenoxy) is 1. The molecule has 0 saturated carbocycles. The number of likely N-dealkylation sites (tertiary alicyclic amines) is 1. The van der Waals surface area contributed by atoms with Crippen molar-refractivity contribution in [3.63, 3.8) is 0 Å². The Bertz CT molecular complexity index is 718. The lowest BCUT2D eigenvalue weighted by Gasteiger charge is -2.22. The quantitative estimate of drug-likeness (QED) is 0.854. The minimum atomic E-state index is -0.249. The summed E-state index contributed by atoms with van der Waals surface area (Å²) >= 11 is 6.15. The van der Waals surface area contributed by atoms with Crippen molar-refractivity contribution in [3.8, 4) is 5.88 Å². The molecule has 1 atom stereocenters. The molecule has 2 aromatic rings. The van der Waals surface area contributed by atoms with E-state index in [4.69, 9.17) is 20.9 Å². The fourth-order valence-corrected chi connectivity index (χ4v) is 2.85. The number of aromatic nitrogens is 3. The van der Waals surface area contributed by atoms with Crippen LogP contribution in [0, 0.1) is 6.92 Å². The Balaban J connectivity index is 1.88. The summed E-state index contributed by atoms with van der Waals surface area (Å²) in [5.41, 5.74) is 0.185. The van der Waals surface area contributed by atoms with Crippen molar-refractivity contribution < 1.29 is 14.1 Å². The number of nitrogens with zero attached hydrogens (tertiary/aromatic N) is 4. The molecule has 7 nitrogen and oxygen atoms in total. The zero-order valence-electron chi connectivity index (χ0n) is 13.0. The number of aryl methyl sites for hydroxylation is 1. The Hall–Kier alpha value is -2.15. The third-order valence-electron chi connectivity index (χ3n) is 3.67. The van der Waals surface area contributed by atoms with Crippen molar-refractivity contribution in [1.29, 1.82) is 0 Å². The second-order valence-corrected chi connectivity index (χ2v) is 5.65. The van der Waals surface area contributed by atoms with E-state index in [0.29, 0.717) is 35.8 Å². The highest BCUT2D eigenvalue weighted by atomic mass is 35.5. The van der Waals surface area contributed by atoms with Crippen LogP contribution in [0.3, 0.4) is 0 Å². The van der Waals surface area contributed by atoms with Crippen LogP contribution in [0.25, 0.3) is 0 Å². The van der Waals surface area contributed by atoms with Crippen molar-refractivity contribution in [2.45, 2.75) is 32.7 Å². The van der Waals surface area contributed by atoms with Crippen LogP contribution in [0.5, 0.6) is 5.88 Å². The molecule has 0 radical (unpaired) electrons. The van der Waals surface area contributed by atoms with E-state index in [1.807, 2.05) is 6.92 Å². The molecule has 1 amide bonds. The maximum absolute atomic E-state index is 12.9. The van der Waals surface area contributed by atoms with Gasteiger partial charge < -0.3 is 14.2 Å². The number of carbonyl (C=O) groups excluding carboxylic acids is 1. The molecule has 2 aromatic heterocycles. The van der Waals surface area contributed by atoms with Gasteiger partial charge in [-0.15, -0.1) is 0 Å². The first-order valence-corrected chi connectivity index (χ1v) is 7.88. The predicted octanol–water partition coefficient (Wildman–Crippen LogP) is 2.80. The smallest absolute Gasteiger partial charge is 0.274 e. The standard InChI is InChI=1S/C15H17ClN4O3/c1-3-22-12-7-6-10(16)13(18-12)15(21)20-8-4-5-11(20)14-17-9(2)23-19-14/h6-7,11H,3-5,8H2,1-2H3/t11-/m1/s1. The lowest BCUT2D eigenvalue weighted by atomic mass is 10.2. The molecule has 8 heteroatoms. The Morgan fingerprint density at radius 3 is 3.00 bits per heavy atom. The molecule has 0 unspecified atom stereocenters. The molecule has 1 saturated heterocycles. The number of carbonyl (C=O) groups is 1. The number of hydrogen-bond donors (Lipinski definition) is 0. The van der Waals surface area contributed by atoms with Crippen LogP contribution in [-0.2, 0) is 0 Å². The molecular formula is C15H17ClN4O3. The summed E-state index contributed by atoms with van der Waals surface area (Å²) in [6, 6.07) is 3.05. The molecule has 3 heterocycles. The van der Waals surface area contributed by atoms with E-state index in [9.17, 15) is 4.79 Å². The summed E-state index contributed by atoms with van der Waals surface area (Å²) in [7, 11) is 0. The van der Waals surface area contributed by atoms with Crippen LogP contribution in [0.1, 0.15) is 48.0 Å². The summed E-state index contributed by atoms with van der Waals surface area (Å²) in [6.07, 6.45) is 1.65. The zero-order chi connectivity index (χ0) is 16.4. The van der Waals surface area contributed by atoms with E-state index in [1.54, 1.807) is 24.0 Å². The second-order valence-electron chi connectivity index (χ2n) is 5.24. The van der Waals surface area contributed by atoms with Crippen LogP contribution in [0.2, 0.25) is 5.02 Å². The highest BCUT2D eigenvalue weighted by Crippen LogP contribution is 2.32.